The highest BCUT2D eigenvalue weighted by Gasteiger charge is 2.20. The van der Waals surface area contributed by atoms with Gasteiger partial charge in [-0.1, -0.05) is 19.1 Å². The molecule has 1 fully saturated rings. The van der Waals surface area contributed by atoms with Crippen LogP contribution in [0.2, 0.25) is 0 Å². The molecule has 1 aliphatic carbocycles. The Morgan fingerprint density at radius 1 is 1.32 bits per heavy atom. The van der Waals surface area contributed by atoms with Gasteiger partial charge in [-0.3, -0.25) is 0 Å². The average Bonchev–Trinajstić information content (AvgIpc) is 3.18. The lowest BCUT2D eigenvalue weighted by Gasteiger charge is -2.30. The number of anilines is 1. The predicted octanol–water partition coefficient (Wildman–Crippen LogP) is 3.87. The molecule has 0 radical (unpaired) electrons. The van der Waals surface area contributed by atoms with E-state index in [0.29, 0.717) is 6.04 Å². The molecule has 0 unspecified atom stereocenters. The zero-order valence-corrected chi connectivity index (χ0v) is 12.9. The van der Waals surface area contributed by atoms with Crippen LogP contribution in [-0.2, 0) is 6.54 Å². The molecule has 19 heavy (non-hydrogen) atoms. The van der Waals surface area contributed by atoms with E-state index < -0.39 is 0 Å². The van der Waals surface area contributed by atoms with Gasteiger partial charge < -0.3 is 10.2 Å². The number of nitrogens with one attached hydrogen (secondary N) is 1. The van der Waals surface area contributed by atoms with Crippen LogP contribution in [0.5, 0.6) is 0 Å². The fraction of sp³-hybridized carbons (Fsp3) is 0.647. The maximum absolute atomic E-state index is 3.58. The van der Waals surface area contributed by atoms with Gasteiger partial charge in [0.05, 0.1) is 0 Å². The van der Waals surface area contributed by atoms with Gasteiger partial charge in [-0.15, -0.1) is 0 Å². The van der Waals surface area contributed by atoms with Crippen LogP contribution in [0.25, 0.3) is 0 Å². The first-order chi connectivity index (χ1) is 9.11. The summed E-state index contributed by atoms with van der Waals surface area (Å²) in [6, 6.07) is 8.27. The molecule has 0 heterocycles. The third kappa shape index (κ3) is 3.97. The topological polar surface area (TPSA) is 15.3 Å². The Kier molecular flexibility index (Phi) is 4.87. The van der Waals surface area contributed by atoms with Gasteiger partial charge in [0.1, 0.15) is 0 Å². The van der Waals surface area contributed by atoms with Gasteiger partial charge in [-0.25, -0.2) is 0 Å². The van der Waals surface area contributed by atoms with E-state index in [9.17, 15) is 0 Å². The van der Waals surface area contributed by atoms with Crippen LogP contribution in [-0.4, -0.2) is 18.6 Å². The number of hydrogen-bond donors (Lipinski definition) is 1. The quantitative estimate of drug-likeness (QED) is 0.800. The Morgan fingerprint density at radius 2 is 2.05 bits per heavy atom. The molecule has 2 heteroatoms. The van der Waals surface area contributed by atoms with Gasteiger partial charge in [0.2, 0.25) is 0 Å². The SMILES string of the molecule is CCCN(c1ccc(CNC2CC2)cc1C)C(C)C. The van der Waals surface area contributed by atoms with Crippen molar-refractivity contribution in [3.63, 3.8) is 0 Å². The van der Waals surface area contributed by atoms with Crippen molar-refractivity contribution in [1.82, 2.24) is 5.32 Å². The molecule has 0 aromatic heterocycles. The van der Waals surface area contributed by atoms with Crippen LogP contribution in [0.4, 0.5) is 5.69 Å². The van der Waals surface area contributed by atoms with Gasteiger partial charge in [0.25, 0.3) is 0 Å². The van der Waals surface area contributed by atoms with Crippen molar-refractivity contribution in [3.05, 3.63) is 29.3 Å². The Hall–Kier alpha value is -1.02. The molecule has 106 valence electrons. The van der Waals surface area contributed by atoms with E-state index in [2.05, 4.69) is 56.1 Å². The highest BCUT2D eigenvalue weighted by atomic mass is 15.1. The van der Waals surface area contributed by atoms with Gasteiger partial charge in [-0.2, -0.15) is 0 Å². The summed E-state index contributed by atoms with van der Waals surface area (Å²) < 4.78 is 0. The molecule has 1 N–H and O–H groups in total. The first-order valence-electron chi connectivity index (χ1n) is 7.71. The molecule has 0 spiro atoms. The third-order valence-electron chi connectivity index (χ3n) is 3.83. The largest absolute Gasteiger partial charge is 0.369 e. The summed E-state index contributed by atoms with van der Waals surface area (Å²) in [7, 11) is 0. The minimum absolute atomic E-state index is 0.564. The molecule has 0 aliphatic heterocycles. The van der Waals surface area contributed by atoms with Crippen LogP contribution in [0.1, 0.15) is 51.2 Å². The molecule has 2 rings (SSSR count). The van der Waals surface area contributed by atoms with E-state index in [1.165, 1.54) is 36.1 Å². The minimum atomic E-state index is 0.564. The summed E-state index contributed by atoms with van der Waals surface area (Å²) in [6.07, 6.45) is 3.91. The van der Waals surface area contributed by atoms with E-state index >= 15 is 0 Å². The van der Waals surface area contributed by atoms with Crippen LogP contribution in [0.15, 0.2) is 18.2 Å². The predicted molar refractivity (Wildman–Crippen MR) is 83.8 cm³/mol. The average molecular weight is 260 g/mol. The molecule has 0 atom stereocenters. The molecule has 1 aliphatic rings. The van der Waals surface area contributed by atoms with E-state index in [1.54, 1.807) is 0 Å². The Bertz CT molecular complexity index is 408. The van der Waals surface area contributed by atoms with Crippen molar-refractivity contribution in [3.8, 4) is 0 Å². The van der Waals surface area contributed by atoms with Gasteiger partial charge in [0.15, 0.2) is 0 Å². The standard InChI is InChI=1S/C17H28N2/c1-5-10-19(13(2)3)17-9-6-15(11-14(17)4)12-18-16-7-8-16/h6,9,11,13,16,18H,5,7-8,10,12H2,1-4H3. The molecule has 1 aromatic rings. The fourth-order valence-electron chi connectivity index (χ4n) is 2.60. The summed E-state index contributed by atoms with van der Waals surface area (Å²) in [6.45, 7) is 11.2. The second-order valence-corrected chi connectivity index (χ2v) is 6.06. The van der Waals surface area contributed by atoms with Crippen molar-refractivity contribution in [1.29, 1.82) is 0 Å². The van der Waals surface area contributed by atoms with E-state index in [-0.39, 0.29) is 0 Å². The van der Waals surface area contributed by atoms with Crippen molar-refractivity contribution < 1.29 is 0 Å². The lowest BCUT2D eigenvalue weighted by molar-refractivity contribution is 0.667. The van der Waals surface area contributed by atoms with Crippen molar-refractivity contribution in [2.75, 3.05) is 11.4 Å². The van der Waals surface area contributed by atoms with Crippen LogP contribution < -0.4 is 10.2 Å². The molecule has 2 nitrogen and oxygen atoms in total. The summed E-state index contributed by atoms with van der Waals surface area (Å²) in [5.41, 5.74) is 4.21. The number of nitrogens with zero attached hydrogens (tertiary/aromatic N) is 1. The van der Waals surface area contributed by atoms with E-state index in [0.717, 1.165) is 19.1 Å². The van der Waals surface area contributed by atoms with E-state index in [4.69, 9.17) is 0 Å². The summed E-state index contributed by atoms with van der Waals surface area (Å²) >= 11 is 0. The van der Waals surface area contributed by atoms with Gasteiger partial charge in [-0.05, 0) is 57.2 Å². The van der Waals surface area contributed by atoms with Crippen molar-refractivity contribution >= 4 is 5.69 Å². The number of hydrogen-bond acceptors (Lipinski definition) is 2. The molecule has 0 amide bonds. The van der Waals surface area contributed by atoms with Crippen LogP contribution >= 0.6 is 0 Å². The summed E-state index contributed by atoms with van der Waals surface area (Å²) in [5, 5.41) is 3.58. The highest BCUT2D eigenvalue weighted by Crippen LogP contribution is 2.24. The number of rotatable bonds is 7. The lowest BCUT2D eigenvalue weighted by atomic mass is 10.1. The Balaban J connectivity index is 2.07. The molecular formula is C17H28N2. The zero-order valence-electron chi connectivity index (χ0n) is 12.9. The number of benzene rings is 1. The first-order valence-corrected chi connectivity index (χ1v) is 7.71. The summed E-state index contributed by atoms with van der Waals surface area (Å²) in [4.78, 5) is 2.51. The normalized spacial score (nSPS) is 15.0. The maximum Gasteiger partial charge on any atom is 0.0398 e. The molecule has 1 aromatic carbocycles. The number of aryl methyl sites for hydroxylation is 1. The maximum atomic E-state index is 3.58. The Labute approximate surface area is 118 Å². The fourth-order valence-corrected chi connectivity index (χ4v) is 2.60. The monoisotopic (exact) mass is 260 g/mol. The Morgan fingerprint density at radius 3 is 2.58 bits per heavy atom. The van der Waals surface area contributed by atoms with Crippen molar-refractivity contribution in [2.24, 2.45) is 0 Å². The minimum Gasteiger partial charge on any atom is -0.369 e. The van der Waals surface area contributed by atoms with Crippen LogP contribution in [0, 0.1) is 6.92 Å². The second kappa shape index (κ2) is 6.42. The molecular weight excluding hydrogens is 232 g/mol. The zero-order chi connectivity index (χ0) is 13.8. The second-order valence-electron chi connectivity index (χ2n) is 6.06. The van der Waals surface area contributed by atoms with Crippen molar-refractivity contribution in [2.45, 2.75) is 65.6 Å². The van der Waals surface area contributed by atoms with E-state index in [1.807, 2.05) is 0 Å². The lowest BCUT2D eigenvalue weighted by Crippen LogP contribution is -2.32. The van der Waals surface area contributed by atoms with Gasteiger partial charge in [0, 0.05) is 30.9 Å². The molecule has 1 saturated carbocycles. The molecule has 0 saturated heterocycles. The third-order valence-corrected chi connectivity index (χ3v) is 3.83. The highest BCUT2D eigenvalue weighted by molar-refractivity contribution is 5.55. The van der Waals surface area contributed by atoms with Gasteiger partial charge >= 0.3 is 0 Å². The smallest absolute Gasteiger partial charge is 0.0398 e. The first kappa shape index (κ1) is 14.4. The summed E-state index contributed by atoms with van der Waals surface area (Å²) in [5.74, 6) is 0. The molecule has 0 bridgehead atoms. The van der Waals surface area contributed by atoms with Crippen LogP contribution in [0.3, 0.4) is 0 Å².